The van der Waals surface area contributed by atoms with Crippen molar-refractivity contribution in [3.05, 3.63) is 77.9 Å². The average Bonchev–Trinajstić information content (AvgIpc) is 2.96. The Morgan fingerprint density at radius 1 is 0.902 bits per heavy atom. The third-order valence-corrected chi connectivity index (χ3v) is 6.79. The molecule has 218 valence electrons. The van der Waals surface area contributed by atoms with Crippen molar-refractivity contribution in [3.8, 4) is 5.75 Å². The molecule has 1 heterocycles. The van der Waals surface area contributed by atoms with Crippen molar-refractivity contribution in [1.82, 2.24) is 10.2 Å². The molecule has 0 radical (unpaired) electrons. The van der Waals surface area contributed by atoms with Crippen molar-refractivity contribution >= 4 is 34.7 Å². The Kier molecular flexibility index (Phi) is 9.96. The van der Waals surface area contributed by atoms with Crippen LogP contribution in [0.3, 0.4) is 0 Å². The van der Waals surface area contributed by atoms with Crippen molar-refractivity contribution < 1.29 is 23.1 Å². The Bertz CT molecular complexity index is 1360. The molecule has 0 unspecified atom stereocenters. The van der Waals surface area contributed by atoms with Crippen LogP contribution in [-0.4, -0.2) is 77.3 Å². The zero-order chi connectivity index (χ0) is 29.4. The molecule has 1 aliphatic heterocycles. The molecule has 3 aromatic rings. The molecule has 3 N–H and O–H groups in total. The number of para-hydroxylation sites is 2. The molecule has 3 aromatic carbocycles. The second-order valence-electron chi connectivity index (χ2n) is 9.99. The molecule has 1 fully saturated rings. The van der Waals surface area contributed by atoms with E-state index >= 15 is 0 Å². The van der Waals surface area contributed by atoms with Crippen LogP contribution in [0.15, 0.2) is 60.7 Å². The maximum absolute atomic E-state index is 14.0. The molecule has 0 aromatic heterocycles. The number of carbonyl (C=O) groups excluding carboxylic acids is 2. The number of nitrogens with one attached hydrogen (secondary N) is 3. The van der Waals surface area contributed by atoms with Gasteiger partial charge in [0, 0.05) is 50.2 Å². The van der Waals surface area contributed by atoms with Gasteiger partial charge < -0.3 is 35.4 Å². The fourth-order valence-electron chi connectivity index (χ4n) is 4.72. The van der Waals surface area contributed by atoms with Crippen molar-refractivity contribution in [2.24, 2.45) is 0 Å². The minimum Gasteiger partial charge on any atom is -0.495 e. The third kappa shape index (κ3) is 7.85. The van der Waals surface area contributed by atoms with Gasteiger partial charge in [0.1, 0.15) is 17.4 Å². The van der Waals surface area contributed by atoms with Gasteiger partial charge in [-0.2, -0.15) is 0 Å². The molecule has 0 atom stereocenters. The van der Waals surface area contributed by atoms with Crippen molar-refractivity contribution in [2.45, 2.75) is 6.42 Å². The van der Waals surface area contributed by atoms with E-state index in [1.165, 1.54) is 0 Å². The van der Waals surface area contributed by atoms with Crippen LogP contribution >= 0.6 is 0 Å². The lowest BCUT2D eigenvalue weighted by Gasteiger charge is -2.38. The lowest BCUT2D eigenvalue weighted by atomic mass is 10.1. The molecule has 41 heavy (non-hydrogen) atoms. The number of amides is 3. The summed E-state index contributed by atoms with van der Waals surface area (Å²) in [4.78, 5) is 32.4. The molecule has 9 nitrogen and oxygen atoms in total. The molecule has 0 saturated carbocycles. The highest BCUT2D eigenvalue weighted by molar-refractivity contribution is 6.04. The number of hydrogen-bond acceptors (Lipinski definition) is 6. The minimum absolute atomic E-state index is 0.160. The summed E-state index contributed by atoms with van der Waals surface area (Å²) in [5, 5.41) is 8.00. The largest absolute Gasteiger partial charge is 0.495 e. The maximum atomic E-state index is 14.0. The summed E-state index contributed by atoms with van der Waals surface area (Å²) in [6.45, 7) is 4.15. The van der Waals surface area contributed by atoms with E-state index in [9.17, 15) is 18.4 Å². The Hall–Kier alpha value is -4.38. The number of rotatable bonds is 10. The van der Waals surface area contributed by atoms with E-state index in [0.29, 0.717) is 37.0 Å². The Balaban J connectivity index is 1.50. The number of methoxy groups -OCH3 is 1. The van der Waals surface area contributed by atoms with E-state index in [4.69, 9.17) is 4.74 Å². The summed E-state index contributed by atoms with van der Waals surface area (Å²) in [5.74, 6) is -1.07. The van der Waals surface area contributed by atoms with Gasteiger partial charge in [-0.25, -0.2) is 13.6 Å². The second kappa shape index (κ2) is 13.8. The second-order valence-corrected chi connectivity index (χ2v) is 9.99. The van der Waals surface area contributed by atoms with E-state index in [-0.39, 0.29) is 11.6 Å². The summed E-state index contributed by atoms with van der Waals surface area (Å²) in [5.41, 5.74) is 2.40. The van der Waals surface area contributed by atoms with Crippen LogP contribution in [0.5, 0.6) is 5.75 Å². The van der Waals surface area contributed by atoms with Gasteiger partial charge in [-0.3, -0.25) is 4.79 Å². The highest BCUT2D eigenvalue weighted by Gasteiger charge is 2.24. The smallest absolute Gasteiger partial charge is 0.323 e. The van der Waals surface area contributed by atoms with Crippen molar-refractivity contribution in [3.63, 3.8) is 0 Å². The van der Waals surface area contributed by atoms with Crippen LogP contribution in [0.2, 0.25) is 0 Å². The fourth-order valence-corrected chi connectivity index (χ4v) is 4.72. The van der Waals surface area contributed by atoms with Crippen LogP contribution in [0.25, 0.3) is 0 Å². The number of piperazine rings is 1. The topological polar surface area (TPSA) is 89.2 Å². The van der Waals surface area contributed by atoms with Crippen LogP contribution in [0, 0.1) is 11.6 Å². The van der Waals surface area contributed by atoms with Gasteiger partial charge >= 0.3 is 6.03 Å². The fraction of sp³-hybridized carbons (Fsp3) is 0.333. The first-order chi connectivity index (χ1) is 19.7. The first kappa shape index (κ1) is 29.6. The lowest BCUT2D eigenvalue weighted by Crippen LogP contribution is -2.47. The standard InChI is InChI=1S/C30H36F2N6O3/c1-36(2)14-6-13-33-29(39)23-20-22(34-30(40)35-25-11-9-21(31)19-24(25)32)10-12-26(23)37-15-17-38(18-16-37)27-7-4-5-8-28(27)41-3/h4-5,7-12,19-20H,6,13-18H2,1-3H3,(H,33,39)(H2,34,35,40). The van der Waals surface area contributed by atoms with Crippen LogP contribution in [0.4, 0.5) is 36.3 Å². The van der Waals surface area contributed by atoms with Gasteiger partial charge in [0.25, 0.3) is 5.91 Å². The van der Waals surface area contributed by atoms with Crippen molar-refractivity contribution in [1.29, 1.82) is 0 Å². The van der Waals surface area contributed by atoms with E-state index < -0.39 is 17.7 Å². The summed E-state index contributed by atoms with van der Waals surface area (Å²) in [6, 6.07) is 15.2. The highest BCUT2D eigenvalue weighted by Crippen LogP contribution is 2.31. The number of halogens is 2. The summed E-state index contributed by atoms with van der Waals surface area (Å²) < 4.78 is 32.7. The molecule has 1 aliphatic rings. The predicted molar refractivity (Wildman–Crippen MR) is 158 cm³/mol. The number of anilines is 4. The first-order valence-electron chi connectivity index (χ1n) is 13.5. The quantitative estimate of drug-likeness (QED) is 0.310. The number of ether oxygens (including phenoxy) is 1. The maximum Gasteiger partial charge on any atom is 0.323 e. The zero-order valence-electron chi connectivity index (χ0n) is 23.5. The van der Waals surface area contributed by atoms with Crippen LogP contribution < -0.4 is 30.5 Å². The van der Waals surface area contributed by atoms with Crippen LogP contribution in [-0.2, 0) is 0 Å². The van der Waals surface area contributed by atoms with Crippen molar-refractivity contribution in [2.75, 3.05) is 80.9 Å². The Labute approximate surface area is 239 Å². The SMILES string of the molecule is COc1ccccc1N1CCN(c2ccc(NC(=O)Nc3ccc(F)cc3F)cc2C(=O)NCCCN(C)C)CC1. The minimum atomic E-state index is -0.888. The van der Waals surface area contributed by atoms with Gasteiger partial charge in [-0.15, -0.1) is 0 Å². The third-order valence-electron chi connectivity index (χ3n) is 6.79. The number of hydrogen-bond donors (Lipinski definition) is 3. The van der Waals surface area contributed by atoms with E-state index in [1.54, 1.807) is 19.2 Å². The molecule has 4 rings (SSSR count). The Morgan fingerprint density at radius 2 is 1.61 bits per heavy atom. The van der Waals surface area contributed by atoms with Gasteiger partial charge in [0.2, 0.25) is 0 Å². The summed E-state index contributed by atoms with van der Waals surface area (Å²) in [6.07, 6.45) is 0.787. The monoisotopic (exact) mass is 566 g/mol. The number of benzene rings is 3. The van der Waals surface area contributed by atoms with Gasteiger partial charge in [-0.05, 0) is 69.5 Å². The van der Waals surface area contributed by atoms with E-state index in [0.717, 1.165) is 55.3 Å². The molecule has 0 spiro atoms. The lowest BCUT2D eigenvalue weighted by molar-refractivity contribution is 0.0952. The molecular weight excluding hydrogens is 530 g/mol. The zero-order valence-corrected chi connectivity index (χ0v) is 23.5. The summed E-state index contributed by atoms with van der Waals surface area (Å²) >= 11 is 0. The molecule has 0 bridgehead atoms. The highest BCUT2D eigenvalue weighted by atomic mass is 19.1. The molecule has 1 saturated heterocycles. The molecule has 3 amide bonds. The van der Waals surface area contributed by atoms with Gasteiger partial charge in [-0.1, -0.05) is 12.1 Å². The van der Waals surface area contributed by atoms with Gasteiger partial charge in [0.05, 0.1) is 24.0 Å². The van der Waals surface area contributed by atoms with Gasteiger partial charge in [0.15, 0.2) is 0 Å². The number of urea groups is 1. The molecule has 0 aliphatic carbocycles. The normalized spacial score (nSPS) is 13.2. The van der Waals surface area contributed by atoms with E-state index in [2.05, 4.69) is 25.8 Å². The predicted octanol–water partition coefficient (Wildman–Crippen LogP) is 4.63. The summed E-state index contributed by atoms with van der Waals surface area (Å²) in [7, 11) is 5.61. The van der Waals surface area contributed by atoms with Crippen LogP contribution in [0.1, 0.15) is 16.8 Å². The molecular formula is C30H36F2N6O3. The van der Waals surface area contributed by atoms with E-state index in [1.807, 2.05) is 49.3 Å². The Morgan fingerprint density at radius 3 is 2.29 bits per heavy atom. The number of carbonyl (C=O) groups is 2. The molecule has 11 heteroatoms. The first-order valence-corrected chi connectivity index (χ1v) is 13.5. The average molecular weight is 567 g/mol. The number of nitrogens with zero attached hydrogens (tertiary/aromatic N) is 3.